The molecule has 0 aliphatic carbocycles. The molecule has 1 fully saturated rings. The number of hydrogen-bond acceptors (Lipinski definition) is 5. The number of alkyl halides is 3. The van der Waals surface area contributed by atoms with E-state index in [2.05, 4.69) is 20.4 Å². The molecule has 1 aromatic heterocycles. The standard InChI is InChI=1S/C18H16ClF5N4O3S/c1-8-15(29)25-4-5-28(8)16(30)27-14(9-2-3-10(20)12(19)13(9)21)11-6-26-17(32-11)31-7-18(22,23)24/h2-3,6,8,14H,4-5,7H2,1H3,(H,25,29)(H,27,30)/t8-,14-/m1/s1. The summed E-state index contributed by atoms with van der Waals surface area (Å²) in [6.07, 6.45) is -3.49. The Balaban J connectivity index is 1.92. The number of urea groups is 1. The van der Waals surface area contributed by atoms with E-state index in [-0.39, 0.29) is 34.6 Å². The number of halogens is 6. The highest BCUT2D eigenvalue weighted by molar-refractivity contribution is 7.13. The number of thiazole rings is 1. The highest BCUT2D eigenvalue weighted by Crippen LogP contribution is 2.35. The lowest BCUT2D eigenvalue weighted by Gasteiger charge is -2.34. The first kappa shape index (κ1) is 24.0. The molecule has 2 aromatic rings. The van der Waals surface area contributed by atoms with Crippen molar-refractivity contribution in [3.8, 4) is 5.19 Å². The van der Waals surface area contributed by atoms with Gasteiger partial charge in [0.15, 0.2) is 6.61 Å². The van der Waals surface area contributed by atoms with Gasteiger partial charge in [0.05, 0.1) is 10.9 Å². The van der Waals surface area contributed by atoms with E-state index in [0.717, 1.165) is 18.3 Å². The van der Waals surface area contributed by atoms with E-state index in [9.17, 15) is 31.5 Å². The third-order valence-corrected chi connectivity index (χ3v) is 5.87. The Hall–Kier alpha value is -2.67. The molecule has 1 aliphatic rings. The fourth-order valence-corrected chi connectivity index (χ4v) is 3.95. The topological polar surface area (TPSA) is 83.6 Å². The molecule has 0 saturated carbocycles. The molecule has 32 heavy (non-hydrogen) atoms. The molecule has 0 bridgehead atoms. The molecule has 174 valence electrons. The van der Waals surface area contributed by atoms with Crippen LogP contribution >= 0.6 is 22.9 Å². The van der Waals surface area contributed by atoms with Crippen LogP contribution in [0.15, 0.2) is 18.3 Å². The van der Waals surface area contributed by atoms with Gasteiger partial charge in [-0.05, 0) is 13.0 Å². The maximum absolute atomic E-state index is 14.7. The smallest absolute Gasteiger partial charge is 0.422 e. The van der Waals surface area contributed by atoms with Gasteiger partial charge in [0, 0.05) is 24.8 Å². The molecular formula is C18H16ClF5N4O3S. The Morgan fingerprint density at radius 3 is 2.84 bits per heavy atom. The number of amides is 3. The number of hydrogen-bond donors (Lipinski definition) is 2. The van der Waals surface area contributed by atoms with Gasteiger partial charge >= 0.3 is 12.2 Å². The van der Waals surface area contributed by atoms with E-state index in [1.54, 1.807) is 0 Å². The van der Waals surface area contributed by atoms with Crippen molar-refractivity contribution in [3.05, 3.63) is 45.4 Å². The third-order valence-electron chi connectivity index (χ3n) is 4.55. The van der Waals surface area contributed by atoms with Crippen molar-refractivity contribution in [2.45, 2.75) is 25.2 Å². The second-order valence-electron chi connectivity index (χ2n) is 6.74. The maximum Gasteiger partial charge on any atom is 0.422 e. The average molecular weight is 499 g/mol. The van der Waals surface area contributed by atoms with Gasteiger partial charge in [-0.25, -0.2) is 18.6 Å². The van der Waals surface area contributed by atoms with Gasteiger partial charge in [0.1, 0.15) is 22.7 Å². The van der Waals surface area contributed by atoms with E-state index in [1.165, 1.54) is 11.8 Å². The molecule has 0 unspecified atom stereocenters. The van der Waals surface area contributed by atoms with Gasteiger partial charge in [-0.15, -0.1) is 0 Å². The van der Waals surface area contributed by atoms with Crippen LogP contribution in [-0.4, -0.2) is 53.7 Å². The normalized spacial score (nSPS) is 17.7. The van der Waals surface area contributed by atoms with Gasteiger partial charge in [-0.2, -0.15) is 13.2 Å². The predicted molar refractivity (Wildman–Crippen MR) is 105 cm³/mol. The minimum Gasteiger partial charge on any atom is -0.460 e. The number of piperazine rings is 1. The number of nitrogens with one attached hydrogen (secondary N) is 2. The van der Waals surface area contributed by atoms with Crippen LogP contribution in [0.2, 0.25) is 5.02 Å². The van der Waals surface area contributed by atoms with E-state index < -0.39 is 47.6 Å². The number of ether oxygens (including phenoxy) is 1. The van der Waals surface area contributed by atoms with Crippen LogP contribution in [0.5, 0.6) is 5.19 Å². The lowest BCUT2D eigenvalue weighted by atomic mass is 10.0. The number of nitrogens with zero attached hydrogens (tertiary/aromatic N) is 2. The van der Waals surface area contributed by atoms with Crippen LogP contribution in [-0.2, 0) is 4.79 Å². The van der Waals surface area contributed by atoms with Crippen molar-refractivity contribution in [1.82, 2.24) is 20.5 Å². The van der Waals surface area contributed by atoms with Crippen LogP contribution in [0.3, 0.4) is 0 Å². The Bertz CT molecular complexity index is 1020. The summed E-state index contributed by atoms with van der Waals surface area (Å²) >= 11 is 6.29. The molecule has 1 aliphatic heterocycles. The zero-order valence-corrected chi connectivity index (χ0v) is 17.9. The van der Waals surface area contributed by atoms with E-state index in [1.807, 2.05) is 0 Å². The van der Waals surface area contributed by atoms with Gasteiger partial charge in [0.25, 0.3) is 5.19 Å². The van der Waals surface area contributed by atoms with E-state index >= 15 is 0 Å². The fraction of sp³-hybridized carbons (Fsp3) is 0.389. The van der Waals surface area contributed by atoms with Gasteiger partial charge in [0.2, 0.25) is 5.91 Å². The molecule has 0 radical (unpaired) electrons. The van der Waals surface area contributed by atoms with Gasteiger partial charge in [-0.1, -0.05) is 29.0 Å². The Kier molecular flexibility index (Phi) is 7.08. The Morgan fingerprint density at radius 2 is 2.16 bits per heavy atom. The summed E-state index contributed by atoms with van der Waals surface area (Å²) in [5, 5.41) is 3.93. The molecule has 14 heteroatoms. The zero-order valence-electron chi connectivity index (χ0n) is 16.3. The van der Waals surface area contributed by atoms with Crippen molar-refractivity contribution >= 4 is 34.9 Å². The molecule has 2 heterocycles. The Labute approximate surface area is 187 Å². The first-order valence-corrected chi connectivity index (χ1v) is 10.3. The summed E-state index contributed by atoms with van der Waals surface area (Å²) in [6.45, 7) is 0.275. The van der Waals surface area contributed by atoms with Gasteiger partial charge < -0.3 is 20.3 Å². The highest BCUT2D eigenvalue weighted by atomic mass is 35.5. The summed E-state index contributed by atoms with van der Waals surface area (Å²) in [4.78, 5) is 29.7. The van der Waals surface area contributed by atoms with Crippen molar-refractivity contribution in [3.63, 3.8) is 0 Å². The largest absolute Gasteiger partial charge is 0.460 e. The predicted octanol–water partition coefficient (Wildman–Crippen LogP) is 3.64. The van der Waals surface area contributed by atoms with E-state index in [4.69, 9.17) is 11.6 Å². The average Bonchev–Trinajstić information content (AvgIpc) is 3.19. The molecule has 1 saturated heterocycles. The van der Waals surface area contributed by atoms with Gasteiger partial charge in [-0.3, -0.25) is 4.79 Å². The second kappa shape index (κ2) is 9.45. The van der Waals surface area contributed by atoms with Crippen molar-refractivity contribution in [2.75, 3.05) is 19.7 Å². The Morgan fingerprint density at radius 1 is 1.44 bits per heavy atom. The monoisotopic (exact) mass is 498 g/mol. The number of benzene rings is 1. The SMILES string of the molecule is C[C@@H]1C(=O)NCCN1C(=O)N[C@@H](c1cnc(OCC(F)(F)F)s1)c1ccc(F)c(Cl)c1F. The highest BCUT2D eigenvalue weighted by Gasteiger charge is 2.33. The zero-order chi connectivity index (χ0) is 23.6. The molecule has 2 atom stereocenters. The van der Waals surface area contributed by atoms with Crippen molar-refractivity contribution < 1.29 is 36.3 Å². The van der Waals surface area contributed by atoms with Crippen LogP contribution in [0.25, 0.3) is 0 Å². The summed E-state index contributed by atoms with van der Waals surface area (Å²) < 4.78 is 70.2. The maximum atomic E-state index is 14.7. The molecule has 1 aromatic carbocycles. The first-order valence-electron chi connectivity index (χ1n) is 9.11. The van der Waals surface area contributed by atoms with Crippen LogP contribution < -0.4 is 15.4 Å². The second-order valence-corrected chi connectivity index (χ2v) is 8.14. The number of carbonyl (C=O) groups excluding carboxylic acids is 2. The molecule has 7 nitrogen and oxygen atoms in total. The molecule has 2 N–H and O–H groups in total. The van der Waals surface area contributed by atoms with E-state index in [0.29, 0.717) is 11.3 Å². The molecule has 3 amide bonds. The summed E-state index contributed by atoms with van der Waals surface area (Å²) in [5.41, 5.74) is -0.245. The van der Waals surface area contributed by atoms with Crippen molar-refractivity contribution in [1.29, 1.82) is 0 Å². The first-order chi connectivity index (χ1) is 15.0. The number of aromatic nitrogens is 1. The lowest BCUT2D eigenvalue weighted by Crippen LogP contribution is -2.58. The minimum absolute atomic E-state index is 0.103. The van der Waals surface area contributed by atoms with Crippen LogP contribution in [0.4, 0.5) is 26.7 Å². The van der Waals surface area contributed by atoms with Crippen LogP contribution in [0, 0.1) is 11.6 Å². The number of rotatable bonds is 5. The minimum atomic E-state index is -4.60. The third kappa shape index (κ3) is 5.38. The molecule has 3 rings (SSSR count). The molecular weight excluding hydrogens is 483 g/mol. The summed E-state index contributed by atoms with van der Waals surface area (Å²) in [5.74, 6) is -2.58. The molecule has 0 spiro atoms. The number of carbonyl (C=O) groups is 2. The van der Waals surface area contributed by atoms with Crippen molar-refractivity contribution in [2.24, 2.45) is 0 Å². The summed E-state index contributed by atoms with van der Waals surface area (Å²) in [7, 11) is 0. The van der Waals surface area contributed by atoms with Crippen LogP contribution in [0.1, 0.15) is 23.4 Å². The quantitative estimate of drug-likeness (QED) is 0.487. The summed E-state index contributed by atoms with van der Waals surface area (Å²) in [6, 6.07) is -0.928. The fourth-order valence-electron chi connectivity index (χ4n) is 2.95. The lowest BCUT2D eigenvalue weighted by molar-refractivity contribution is -0.153.